The number of nitrogens with zero attached hydrogens (tertiary/aromatic N) is 3. The number of hydrogen-bond donors (Lipinski definition) is 0. The van der Waals surface area contributed by atoms with E-state index in [0.717, 1.165) is 19.4 Å². The molecule has 0 bridgehead atoms. The minimum absolute atomic E-state index is 0.124. The van der Waals surface area contributed by atoms with Gasteiger partial charge in [-0.25, -0.2) is 9.78 Å². The Kier molecular flexibility index (Phi) is 6.95. The number of aryl methyl sites for hydroxylation is 1. The fourth-order valence-corrected chi connectivity index (χ4v) is 5.22. The lowest BCUT2D eigenvalue weighted by Gasteiger charge is -2.44. The van der Waals surface area contributed by atoms with Gasteiger partial charge in [0.25, 0.3) is 0 Å². The molecule has 1 amide bonds. The van der Waals surface area contributed by atoms with Gasteiger partial charge in [0.2, 0.25) is 5.91 Å². The van der Waals surface area contributed by atoms with E-state index in [1.165, 1.54) is 43.5 Å². The molecule has 3 rings (SSSR count). The summed E-state index contributed by atoms with van der Waals surface area (Å²) in [5.41, 5.74) is 1.12. The van der Waals surface area contributed by atoms with Crippen molar-refractivity contribution in [2.24, 2.45) is 5.92 Å². The molecule has 0 aromatic carbocycles. The predicted octanol–water partition coefficient (Wildman–Crippen LogP) is 3.71. The van der Waals surface area contributed by atoms with Crippen molar-refractivity contribution < 1.29 is 14.3 Å². The van der Waals surface area contributed by atoms with Gasteiger partial charge < -0.3 is 9.64 Å². The average Bonchev–Trinajstić information content (AvgIpc) is 2.71. The summed E-state index contributed by atoms with van der Waals surface area (Å²) in [7, 11) is 0. The molecule has 2 atom stereocenters. The first kappa shape index (κ1) is 20.7. The zero-order chi connectivity index (χ0) is 20.1. The Bertz CT molecular complexity index is 788. The quantitative estimate of drug-likeness (QED) is 0.552. The van der Waals surface area contributed by atoms with E-state index < -0.39 is 5.97 Å². The smallest absolute Gasteiger partial charge is 0.340 e. The Morgan fingerprint density at radius 1 is 1.32 bits per heavy atom. The number of ether oxygens (including phenoxy) is 1. The molecule has 1 aliphatic heterocycles. The topological polar surface area (TPSA) is 83.3 Å². The monoisotopic (exact) mass is 401 g/mol. The standard InChI is InChI=1S/C21H27N3O3S/c1-3-27-21(26)17-11-16(12-22)20(23-14(17)2)28-13-19(25)24-10-6-8-15-7-4-5-9-18(15)24/h11,15,18H,3-10,13H2,1-2H3/t15-,18+/m0/s1. The van der Waals surface area contributed by atoms with Gasteiger partial charge in [-0.2, -0.15) is 5.26 Å². The number of piperidine rings is 1. The number of carbonyl (C=O) groups excluding carboxylic acids is 2. The summed E-state index contributed by atoms with van der Waals surface area (Å²) in [5.74, 6) is 0.561. The zero-order valence-corrected chi connectivity index (χ0v) is 17.4. The van der Waals surface area contributed by atoms with Crippen LogP contribution in [0.3, 0.4) is 0 Å². The Balaban J connectivity index is 1.70. The van der Waals surface area contributed by atoms with Gasteiger partial charge in [-0.1, -0.05) is 24.6 Å². The fraction of sp³-hybridized carbons (Fsp3) is 0.619. The van der Waals surface area contributed by atoms with Crippen LogP contribution in [0.5, 0.6) is 0 Å². The van der Waals surface area contributed by atoms with Crippen LogP contribution < -0.4 is 0 Å². The second-order valence-corrected chi connectivity index (χ2v) is 8.40. The van der Waals surface area contributed by atoms with Gasteiger partial charge in [-0.05, 0) is 51.5 Å². The molecule has 0 radical (unpaired) electrons. The number of thioether (sulfide) groups is 1. The number of amides is 1. The third-order valence-corrected chi connectivity index (χ3v) is 6.67. The molecule has 2 aliphatic rings. The van der Waals surface area contributed by atoms with E-state index in [1.807, 2.05) is 0 Å². The molecule has 1 saturated heterocycles. The van der Waals surface area contributed by atoms with Crippen molar-refractivity contribution in [3.63, 3.8) is 0 Å². The van der Waals surface area contributed by atoms with Crippen molar-refractivity contribution >= 4 is 23.6 Å². The van der Waals surface area contributed by atoms with Gasteiger partial charge in [0, 0.05) is 12.6 Å². The van der Waals surface area contributed by atoms with Gasteiger partial charge in [0.05, 0.1) is 29.2 Å². The number of rotatable bonds is 5. The Morgan fingerprint density at radius 2 is 2.07 bits per heavy atom. The molecule has 150 valence electrons. The van der Waals surface area contributed by atoms with Crippen LogP contribution in [-0.4, -0.2) is 46.7 Å². The minimum Gasteiger partial charge on any atom is -0.462 e. The van der Waals surface area contributed by atoms with Gasteiger partial charge >= 0.3 is 5.97 Å². The van der Waals surface area contributed by atoms with Gasteiger partial charge in [-0.3, -0.25) is 4.79 Å². The van der Waals surface area contributed by atoms with Crippen LogP contribution in [0.1, 0.15) is 67.1 Å². The van der Waals surface area contributed by atoms with Crippen molar-refractivity contribution in [1.29, 1.82) is 5.26 Å². The van der Waals surface area contributed by atoms with E-state index in [1.54, 1.807) is 13.8 Å². The number of nitriles is 1. The summed E-state index contributed by atoms with van der Waals surface area (Å²) in [6.07, 6.45) is 7.13. The lowest BCUT2D eigenvalue weighted by atomic mass is 9.78. The van der Waals surface area contributed by atoms with E-state index in [2.05, 4.69) is 16.0 Å². The normalized spacial score (nSPS) is 21.5. The average molecular weight is 402 g/mol. The molecule has 1 aromatic heterocycles. The molecular formula is C21H27N3O3S. The molecule has 2 fully saturated rings. The minimum atomic E-state index is -0.478. The van der Waals surface area contributed by atoms with Crippen LogP contribution in [0.2, 0.25) is 0 Å². The van der Waals surface area contributed by atoms with Crippen LogP contribution >= 0.6 is 11.8 Å². The summed E-state index contributed by atoms with van der Waals surface area (Å²) in [5, 5.41) is 9.96. The van der Waals surface area contributed by atoms with E-state index in [-0.39, 0.29) is 18.3 Å². The summed E-state index contributed by atoms with van der Waals surface area (Å²) < 4.78 is 5.02. The SMILES string of the molecule is CCOC(=O)c1cc(C#N)c(SCC(=O)N2CCC[C@@H]3CCCC[C@H]32)nc1C. The van der Waals surface area contributed by atoms with Crippen molar-refractivity contribution in [1.82, 2.24) is 9.88 Å². The highest BCUT2D eigenvalue weighted by atomic mass is 32.2. The summed E-state index contributed by atoms with van der Waals surface area (Å²) in [4.78, 5) is 31.4. The van der Waals surface area contributed by atoms with Crippen molar-refractivity contribution in [3.05, 3.63) is 22.9 Å². The second kappa shape index (κ2) is 9.42. The lowest BCUT2D eigenvalue weighted by Crippen LogP contribution is -2.50. The maximum atomic E-state index is 12.9. The van der Waals surface area contributed by atoms with Crippen LogP contribution in [-0.2, 0) is 9.53 Å². The number of aromatic nitrogens is 1. The highest BCUT2D eigenvalue weighted by molar-refractivity contribution is 8.00. The number of fused-ring (bicyclic) bond motifs is 1. The number of carbonyl (C=O) groups is 2. The molecule has 0 spiro atoms. The molecule has 1 aromatic rings. The maximum Gasteiger partial charge on any atom is 0.340 e. The molecule has 28 heavy (non-hydrogen) atoms. The Hall–Kier alpha value is -2.07. The lowest BCUT2D eigenvalue weighted by molar-refractivity contribution is -0.134. The second-order valence-electron chi connectivity index (χ2n) is 7.44. The van der Waals surface area contributed by atoms with Crippen LogP contribution in [0.4, 0.5) is 0 Å². The maximum absolute atomic E-state index is 12.9. The van der Waals surface area contributed by atoms with Crippen LogP contribution in [0, 0.1) is 24.2 Å². The molecule has 2 heterocycles. The van der Waals surface area contributed by atoms with Crippen LogP contribution in [0.25, 0.3) is 0 Å². The third-order valence-electron chi connectivity index (χ3n) is 5.69. The van der Waals surface area contributed by atoms with Crippen LogP contribution in [0.15, 0.2) is 11.1 Å². The third kappa shape index (κ3) is 4.49. The molecule has 7 heteroatoms. The van der Waals surface area contributed by atoms with Crippen molar-refractivity contribution in [2.75, 3.05) is 18.9 Å². The van der Waals surface area contributed by atoms with E-state index >= 15 is 0 Å². The molecule has 0 N–H and O–H groups in total. The summed E-state index contributed by atoms with van der Waals surface area (Å²) >= 11 is 1.28. The Morgan fingerprint density at radius 3 is 2.82 bits per heavy atom. The highest BCUT2D eigenvalue weighted by Crippen LogP contribution is 2.36. The number of pyridine rings is 1. The van der Waals surface area contributed by atoms with E-state index in [0.29, 0.717) is 33.8 Å². The molecule has 0 unspecified atom stereocenters. The molecule has 6 nitrogen and oxygen atoms in total. The van der Waals surface area contributed by atoms with Crippen molar-refractivity contribution in [3.8, 4) is 6.07 Å². The Labute approximate surface area is 170 Å². The fourth-order valence-electron chi connectivity index (χ4n) is 4.34. The molecular weight excluding hydrogens is 374 g/mol. The van der Waals surface area contributed by atoms with Gasteiger partial charge in [0.1, 0.15) is 11.1 Å². The largest absolute Gasteiger partial charge is 0.462 e. The first-order chi connectivity index (χ1) is 13.5. The van der Waals surface area contributed by atoms with E-state index in [4.69, 9.17) is 4.74 Å². The summed E-state index contributed by atoms with van der Waals surface area (Å²) in [6.45, 7) is 4.55. The van der Waals surface area contributed by atoms with Gasteiger partial charge in [0.15, 0.2) is 0 Å². The number of esters is 1. The van der Waals surface area contributed by atoms with Crippen molar-refractivity contribution in [2.45, 2.75) is 63.4 Å². The number of likely N-dealkylation sites (tertiary alicyclic amines) is 1. The highest BCUT2D eigenvalue weighted by Gasteiger charge is 2.35. The first-order valence-electron chi connectivity index (χ1n) is 10.1. The molecule has 1 aliphatic carbocycles. The van der Waals surface area contributed by atoms with Gasteiger partial charge in [-0.15, -0.1) is 0 Å². The molecule has 1 saturated carbocycles. The first-order valence-corrected chi connectivity index (χ1v) is 11.0. The summed E-state index contributed by atoms with van der Waals surface area (Å²) in [6, 6.07) is 3.99. The predicted molar refractivity (Wildman–Crippen MR) is 107 cm³/mol. The number of hydrogen-bond acceptors (Lipinski definition) is 6. The van der Waals surface area contributed by atoms with E-state index in [9.17, 15) is 14.9 Å². The zero-order valence-electron chi connectivity index (χ0n) is 16.6.